The van der Waals surface area contributed by atoms with E-state index in [1.807, 2.05) is 0 Å². The van der Waals surface area contributed by atoms with Crippen molar-refractivity contribution in [3.8, 4) is 0 Å². The molecule has 1 heterocycles. The molecule has 108 valence electrons. The molecule has 1 atom stereocenters. The summed E-state index contributed by atoms with van der Waals surface area (Å²) in [6.45, 7) is 5.23. The molecule has 3 rings (SSSR count). The first-order valence-corrected chi connectivity index (χ1v) is 7.48. The van der Waals surface area contributed by atoms with Gasteiger partial charge in [-0.3, -0.25) is 0 Å². The van der Waals surface area contributed by atoms with E-state index in [1.54, 1.807) is 0 Å². The fourth-order valence-electron chi connectivity index (χ4n) is 2.80. The van der Waals surface area contributed by atoms with Crippen molar-refractivity contribution in [3.05, 3.63) is 71.4 Å². The highest BCUT2D eigenvalue weighted by Gasteiger charge is 2.08. The van der Waals surface area contributed by atoms with Crippen LogP contribution in [-0.4, -0.2) is 4.57 Å². The SMILES string of the molecule is Cc1ccc(C(C)NCc2cn(C)c3ccccc23)cc1. The maximum atomic E-state index is 3.63. The number of para-hydroxylation sites is 1. The minimum Gasteiger partial charge on any atom is -0.350 e. The van der Waals surface area contributed by atoms with Crippen LogP contribution in [0.25, 0.3) is 10.9 Å². The summed E-state index contributed by atoms with van der Waals surface area (Å²) in [6, 6.07) is 17.7. The van der Waals surface area contributed by atoms with E-state index < -0.39 is 0 Å². The van der Waals surface area contributed by atoms with Crippen molar-refractivity contribution < 1.29 is 0 Å². The lowest BCUT2D eigenvalue weighted by Gasteiger charge is -2.14. The smallest absolute Gasteiger partial charge is 0.0481 e. The summed E-state index contributed by atoms with van der Waals surface area (Å²) in [5.74, 6) is 0. The molecule has 0 amide bonds. The maximum absolute atomic E-state index is 3.63. The molecule has 0 fully saturated rings. The number of rotatable bonds is 4. The number of hydrogen-bond acceptors (Lipinski definition) is 1. The Hall–Kier alpha value is -2.06. The molecule has 0 spiro atoms. The third kappa shape index (κ3) is 2.86. The minimum absolute atomic E-state index is 0.351. The van der Waals surface area contributed by atoms with E-state index in [0.717, 1.165) is 6.54 Å². The Labute approximate surface area is 126 Å². The first-order valence-electron chi connectivity index (χ1n) is 7.48. The number of nitrogens with zero attached hydrogens (tertiary/aromatic N) is 1. The van der Waals surface area contributed by atoms with Gasteiger partial charge in [-0.05, 0) is 31.0 Å². The van der Waals surface area contributed by atoms with Crippen LogP contribution in [0.2, 0.25) is 0 Å². The van der Waals surface area contributed by atoms with E-state index in [2.05, 4.69) is 85.5 Å². The Balaban J connectivity index is 1.76. The van der Waals surface area contributed by atoms with E-state index in [9.17, 15) is 0 Å². The molecule has 0 saturated heterocycles. The van der Waals surface area contributed by atoms with Crippen LogP contribution in [0, 0.1) is 6.92 Å². The molecule has 1 aromatic heterocycles. The van der Waals surface area contributed by atoms with Gasteiger partial charge in [-0.2, -0.15) is 0 Å². The first-order chi connectivity index (χ1) is 10.1. The van der Waals surface area contributed by atoms with Crippen LogP contribution in [0.15, 0.2) is 54.7 Å². The van der Waals surface area contributed by atoms with Gasteiger partial charge in [-0.25, -0.2) is 0 Å². The van der Waals surface area contributed by atoms with Crippen LogP contribution in [0.5, 0.6) is 0 Å². The van der Waals surface area contributed by atoms with Crippen molar-refractivity contribution in [2.45, 2.75) is 26.4 Å². The molecular formula is C19H22N2. The van der Waals surface area contributed by atoms with E-state index in [0.29, 0.717) is 6.04 Å². The fraction of sp³-hybridized carbons (Fsp3) is 0.263. The third-order valence-corrected chi connectivity index (χ3v) is 4.16. The summed E-state index contributed by atoms with van der Waals surface area (Å²) in [5, 5.41) is 4.96. The predicted octanol–water partition coefficient (Wildman–Crippen LogP) is 4.34. The van der Waals surface area contributed by atoms with Gasteiger partial charge in [0, 0.05) is 36.7 Å². The summed E-state index contributed by atoms with van der Waals surface area (Å²) >= 11 is 0. The average molecular weight is 278 g/mol. The van der Waals surface area contributed by atoms with Gasteiger partial charge in [-0.15, -0.1) is 0 Å². The van der Waals surface area contributed by atoms with Crippen LogP contribution < -0.4 is 5.32 Å². The van der Waals surface area contributed by atoms with Crippen molar-refractivity contribution in [1.82, 2.24) is 9.88 Å². The lowest BCUT2D eigenvalue weighted by atomic mass is 10.1. The van der Waals surface area contributed by atoms with Crippen molar-refractivity contribution in [2.24, 2.45) is 7.05 Å². The summed E-state index contributed by atoms with van der Waals surface area (Å²) in [5.41, 5.74) is 5.28. The van der Waals surface area contributed by atoms with Crippen LogP contribution in [-0.2, 0) is 13.6 Å². The molecule has 0 saturated carbocycles. The summed E-state index contributed by atoms with van der Waals surface area (Å²) in [6.07, 6.45) is 2.22. The Morgan fingerprint density at radius 2 is 1.76 bits per heavy atom. The molecule has 2 heteroatoms. The second-order valence-corrected chi connectivity index (χ2v) is 5.80. The Bertz CT molecular complexity index is 738. The molecule has 0 aliphatic heterocycles. The zero-order valence-electron chi connectivity index (χ0n) is 12.9. The minimum atomic E-state index is 0.351. The molecule has 1 unspecified atom stereocenters. The van der Waals surface area contributed by atoms with Crippen LogP contribution in [0.1, 0.15) is 29.7 Å². The molecule has 0 aliphatic rings. The van der Waals surface area contributed by atoms with Gasteiger partial charge < -0.3 is 9.88 Å². The molecule has 1 N–H and O–H groups in total. The van der Waals surface area contributed by atoms with Gasteiger partial charge in [-0.1, -0.05) is 48.0 Å². The Morgan fingerprint density at radius 3 is 2.52 bits per heavy atom. The molecule has 0 radical (unpaired) electrons. The second kappa shape index (κ2) is 5.74. The molecule has 2 aromatic carbocycles. The monoisotopic (exact) mass is 278 g/mol. The highest BCUT2D eigenvalue weighted by molar-refractivity contribution is 5.83. The summed E-state index contributed by atoms with van der Waals surface area (Å²) in [7, 11) is 2.11. The van der Waals surface area contributed by atoms with E-state index in [4.69, 9.17) is 0 Å². The molecule has 0 bridgehead atoms. The highest BCUT2D eigenvalue weighted by Crippen LogP contribution is 2.21. The van der Waals surface area contributed by atoms with Crippen LogP contribution >= 0.6 is 0 Å². The molecule has 21 heavy (non-hydrogen) atoms. The molecule has 2 nitrogen and oxygen atoms in total. The number of aryl methyl sites for hydroxylation is 2. The maximum Gasteiger partial charge on any atom is 0.0481 e. The third-order valence-electron chi connectivity index (χ3n) is 4.16. The molecular weight excluding hydrogens is 256 g/mol. The van der Waals surface area contributed by atoms with Crippen LogP contribution in [0.4, 0.5) is 0 Å². The number of nitrogens with one attached hydrogen (secondary N) is 1. The second-order valence-electron chi connectivity index (χ2n) is 5.80. The number of aromatic nitrogens is 1. The lowest BCUT2D eigenvalue weighted by molar-refractivity contribution is 0.575. The zero-order chi connectivity index (χ0) is 14.8. The first kappa shape index (κ1) is 13.9. The molecule has 3 aromatic rings. The van der Waals surface area contributed by atoms with Crippen molar-refractivity contribution in [2.75, 3.05) is 0 Å². The van der Waals surface area contributed by atoms with Gasteiger partial charge in [0.15, 0.2) is 0 Å². The van der Waals surface area contributed by atoms with Gasteiger partial charge in [0.05, 0.1) is 0 Å². The summed E-state index contributed by atoms with van der Waals surface area (Å²) < 4.78 is 2.20. The highest BCUT2D eigenvalue weighted by atomic mass is 14.9. The van der Waals surface area contributed by atoms with Gasteiger partial charge in [0.2, 0.25) is 0 Å². The fourth-order valence-corrected chi connectivity index (χ4v) is 2.80. The Kier molecular flexibility index (Phi) is 3.80. The molecule has 0 aliphatic carbocycles. The van der Waals surface area contributed by atoms with Crippen molar-refractivity contribution in [3.63, 3.8) is 0 Å². The largest absolute Gasteiger partial charge is 0.350 e. The van der Waals surface area contributed by atoms with Gasteiger partial charge in [0.25, 0.3) is 0 Å². The van der Waals surface area contributed by atoms with E-state index in [-0.39, 0.29) is 0 Å². The van der Waals surface area contributed by atoms with E-state index in [1.165, 1.54) is 27.6 Å². The average Bonchev–Trinajstić information content (AvgIpc) is 2.83. The van der Waals surface area contributed by atoms with Crippen molar-refractivity contribution in [1.29, 1.82) is 0 Å². The lowest BCUT2D eigenvalue weighted by Crippen LogP contribution is -2.17. The number of hydrogen-bond donors (Lipinski definition) is 1. The number of benzene rings is 2. The standard InChI is InChI=1S/C19H22N2/c1-14-8-10-16(11-9-14)15(2)20-12-17-13-21(3)19-7-5-4-6-18(17)19/h4-11,13,15,20H,12H2,1-3H3. The summed E-state index contributed by atoms with van der Waals surface area (Å²) in [4.78, 5) is 0. The number of fused-ring (bicyclic) bond motifs is 1. The zero-order valence-corrected chi connectivity index (χ0v) is 12.9. The quantitative estimate of drug-likeness (QED) is 0.751. The predicted molar refractivity (Wildman–Crippen MR) is 89.4 cm³/mol. The normalized spacial score (nSPS) is 12.7. The van der Waals surface area contributed by atoms with Crippen LogP contribution in [0.3, 0.4) is 0 Å². The Morgan fingerprint density at radius 1 is 1.05 bits per heavy atom. The topological polar surface area (TPSA) is 17.0 Å². The van der Waals surface area contributed by atoms with E-state index >= 15 is 0 Å². The van der Waals surface area contributed by atoms with Gasteiger partial charge in [0.1, 0.15) is 0 Å². The van der Waals surface area contributed by atoms with Crippen molar-refractivity contribution >= 4 is 10.9 Å². The van der Waals surface area contributed by atoms with Gasteiger partial charge >= 0.3 is 0 Å².